The Labute approximate surface area is 218 Å². The molecule has 0 saturated heterocycles. The third-order valence-electron chi connectivity index (χ3n) is 5.91. The normalized spacial score (nSPS) is 16.8. The van der Waals surface area contributed by atoms with Crippen LogP contribution in [0.4, 0.5) is 4.39 Å². The first-order valence-electron chi connectivity index (χ1n) is 11.8. The third kappa shape index (κ3) is 6.50. The minimum Gasteiger partial charge on any atom is -0.494 e. The molecule has 1 amide bonds. The van der Waals surface area contributed by atoms with Gasteiger partial charge in [0.05, 0.1) is 6.61 Å². The number of aliphatic imine (C=N–C) groups is 1. The van der Waals surface area contributed by atoms with E-state index in [2.05, 4.69) is 21.2 Å². The molecule has 1 aliphatic heterocycles. The predicted molar refractivity (Wildman–Crippen MR) is 140 cm³/mol. The molecule has 0 unspecified atom stereocenters. The second kappa shape index (κ2) is 12.1. The summed E-state index contributed by atoms with van der Waals surface area (Å²) in [4.78, 5) is 18.2. The summed E-state index contributed by atoms with van der Waals surface area (Å²) in [6, 6.07) is 21.6. The van der Waals surface area contributed by atoms with Crippen LogP contribution in [0.25, 0.3) is 0 Å². The minimum absolute atomic E-state index is 0.0749. The summed E-state index contributed by atoms with van der Waals surface area (Å²) in [5.41, 5.74) is 1.09. The third-order valence-corrected chi connectivity index (χ3v) is 6.43. The molecule has 0 fully saturated rings. The first kappa shape index (κ1) is 25.9. The van der Waals surface area contributed by atoms with E-state index >= 15 is 0 Å². The number of aliphatic hydroxyl groups excluding tert-OH is 1. The minimum atomic E-state index is -1.14. The van der Waals surface area contributed by atoms with Crippen molar-refractivity contribution in [3.05, 3.63) is 99.8 Å². The number of nitrogens with zero attached hydrogens (tertiary/aromatic N) is 1. The Bertz CT molecular complexity index is 1200. The van der Waals surface area contributed by atoms with Crippen molar-refractivity contribution in [1.82, 2.24) is 5.32 Å². The summed E-state index contributed by atoms with van der Waals surface area (Å²) in [7, 11) is 0. The summed E-state index contributed by atoms with van der Waals surface area (Å²) in [6.45, 7) is 0.882. The monoisotopic (exact) mass is 554 g/mol. The van der Waals surface area contributed by atoms with Gasteiger partial charge in [0.15, 0.2) is 5.54 Å². The van der Waals surface area contributed by atoms with Crippen molar-refractivity contribution in [3.63, 3.8) is 0 Å². The van der Waals surface area contributed by atoms with Crippen LogP contribution in [0.3, 0.4) is 0 Å². The number of carbonyl (C=O) groups excluding carboxylic acids is 1. The number of carbonyl (C=O) groups is 1. The molecule has 1 atom stereocenters. The first-order valence-corrected chi connectivity index (χ1v) is 12.6. The number of rotatable bonds is 11. The van der Waals surface area contributed by atoms with E-state index in [0.717, 1.165) is 15.6 Å². The highest BCUT2D eigenvalue weighted by molar-refractivity contribution is 9.10. The molecule has 36 heavy (non-hydrogen) atoms. The van der Waals surface area contributed by atoms with E-state index in [1.807, 2.05) is 48.5 Å². The second-order valence-corrected chi connectivity index (χ2v) is 9.50. The van der Waals surface area contributed by atoms with Gasteiger partial charge in [0.25, 0.3) is 5.91 Å². The number of hydrogen-bond acceptors (Lipinski definition) is 5. The van der Waals surface area contributed by atoms with Gasteiger partial charge in [-0.2, -0.15) is 0 Å². The fourth-order valence-electron chi connectivity index (χ4n) is 3.95. The van der Waals surface area contributed by atoms with Crippen molar-refractivity contribution < 1.29 is 23.8 Å². The van der Waals surface area contributed by atoms with Gasteiger partial charge in [0.2, 0.25) is 5.90 Å². The molecule has 0 saturated carbocycles. The molecule has 0 radical (unpaired) electrons. The Morgan fingerprint density at radius 1 is 1.11 bits per heavy atom. The number of halogens is 2. The average Bonchev–Trinajstić information content (AvgIpc) is 3.32. The Morgan fingerprint density at radius 3 is 2.58 bits per heavy atom. The molecule has 4 rings (SSSR count). The maximum Gasteiger partial charge on any atom is 0.251 e. The van der Waals surface area contributed by atoms with Gasteiger partial charge < -0.3 is 19.9 Å². The lowest BCUT2D eigenvalue weighted by Gasteiger charge is -2.23. The van der Waals surface area contributed by atoms with Crippen molar-refractivity contribution in [2.75, 3.05) is 26.4 Å². The quantitative estimate of drug-likeness (QED) is 0.343. The van der Waals surface area contributed by atoms with Crippen LogP contribution in [0.2, 0.25) is 0 Å². The maximum absolute atomic E-state index is 14.0. The van der Waals surface area contributed by atoms with Crippen molar-refractivity contribution in [1.29, 1.82) is 0 Å². The van der Waals surface area contributed by atoms with Crippen molar-refractivity contribution in [3.8, 4) is 5.75 Å². The lowest BCUT2D eigenvalue weighted by Crippen LogP contribution is -2.49. The average molecular weight is 555 g/mol. The molecule has 0 aliphatic carbocycles. The van der Waals surface area contributed by atoms with Crippen molar-refractivity contribution >= 4 is 27.7 Å². The van der Waals surface area contributed by atoms with Gasteiger partial charge in [-0.15, -0.1) is 0 Å². The number of nitrogens with one attached hydrogen (secondary N) is 1. The van der Waals surface area contributed by atoms with Gasteiger partial charge in [-0.25, -0.2) is 9.38 Å². The number of benzene rings is 3. The summed E-state index contributed by atoms with van der Waals surface area (Å²) in [6.07, 6.45) is 1.29. The van der Waals surface area contributed by atoms with Gasteiger partial charge in [0, 0.05) is 36.0 Å². The fraction of sp³-hybridized carbons (Fsp3) is 0.286. The highest BCUT2D eigenvalue weighted by Gasteiger charge is 2.44. The fourth-order valence-corrected chi connectivity index (χ4v) is 4.21. The molecule has 0 bridgehead atoms. The summed E-state index contributed by atoms with van der Waals surface area (Å²) in [5, 5.41) is 11.8. The Morgan fingerprint density at radius 2 is 1.86 bits per heavy atom. The molecule has 188 valence electrons. The van der Waals surface area contributed by atoms with Crippen LogP contribution >= 0.6 is 15.9 Å². The van der Waals surface area contributed by atoms with Crippen LogP contribution in [0.5, 0.6) is 5.75 Å². The SMILES string of the molecule is O=C(NCCc1ccccc1F)[C@@]1(Cc2ccc(Br)cc2)COC(c2ccc(OCCCO)cc2)=N1. The zero-order chi connectivity index (χ0) is 25.4. The molecular weight excluding hydrogens is 527 g/mol. The molecule has 3 aromatic rings. The number of ether oxygens (including phenoxy) is 2. The second-order valence-electron chi connectivity index (χ2n) is 8.59. The van der Waals surface area contributed by atoms with Crippen molar-refractivity contribution in [2.45, 2.75) is 24.8 Å². The molecule has 0 aromatic heterocycles. The van der Waals surface area contributed by atoms with E-state index in [9.17, 15) is 9.18 Å². The molecule has 2 N–H and O–H groups in total. The lowest BCUT2D eigenvalue weighted by atomic mass is 9.91. The Balaban J connectivity index is 1.51. The largest absolute Gasteiger partial charge is 0.494 e. The predicted octanol–water partition coefficient (Wildman–Crippen LogP) is 4.47. The maximum atomic E-state index is 14.0. The summed E-state index contributed by atoms with van der Waals surface area (Å²) >= 11 is 3.44. The van der Waals surface area contributed by atoms with E-state index in [-0.39, 0.29) is 31.5 Å². The molecule has 0 spiro atoms. The van der Waals surface area contributed by atoms with E-state index < -0.39 is 5.54 Å². The molecule has 1 aliphatic rings. The van der Waals surface area contributed by atoms with E-state index in [1.165, 1.54) is 6.07 Å². The topological polar surface area (TPSA) is 80.2 Å². The number of aliphatic hydroxyl groups is 1. The lowest BCUT2D eigenvalue weighted by molar-refractivity contribution is -0.126. The molecule has 8 heteroatoms. The molecule has 6 nitrogen and oxygen atoms in total. The molecule has 3 aromatic carbocycles. The van der Waals surface area contributed by atoms with E-state index in [0.29, 0.717) is 43.1 Å². The van der Waals surface area contributed by atoms with Crippen LogP contribution in [-0.4, -0.2) is 48.8 Å². The number of amides is 1. The smallest absolute Gasteiger partial charge is 0.251 e. The zero-order valence-electron chi connectivity index (χ0n) is 19.8. The van der Waals surface area contributed by atoms with Crippen LogP contribution in [0, 0.1) is 5.82 Å². The zero-order valence-corrected chi connectivity index (χ0v) is 21.3. The van der Waals surface area contributed by atoms with Crippen molar-refractivity contribution in [2.24, 2.45) is 4.99 Å². The van der Waals surface area contributed by atoms with Gasteiger partial charge in [-0.3, -0.25) is 4.79 Å². The van der Waals surface area contributed by atoms with E-state index in [4.69, 9.17) is 19.6 Å². The number of hydrogen-bond donors (Lipinski definition) is 2. The summed E-state index contributed by atoms with van der Waals surface area (Å²) < 4.78 is 26.5. The molecule has 1 heterocycles. The van der Waals surface area contributed by atoms with Crippen LogP contribution in [0.1, 0.15) is 23.1 Å². The van der Waals surface area contributed by atoms with Gasteiger partial charge in [-0.1, -0.05) is 46.3 Å². The highest BCUT2D eigenvalue weighted by atomic mass is 79.9. The Hall–Kier alpha value is -3.23. The highest BCUT2D eigenvalue weighted by Crippen LogP contribution is 2.28. The molecular formula is C28H28BrFN2O4. The van der Waals surface area contributed by atoms with Gasteiger partial charge in [0.1, 0.15) is 18.2 Å². The van der Waals surface area contributed by atoms with Gasteiger partial charge >= 0.3 is 0 Å². The Kier molecular flexibility index (Phi) is 8.72. The summed E-state index contributed by atoms with van der Waals surface area (Å²) in [5.74, 6) is 0.515. The standard InChI is InChI=1S/C28H28BrFN2O4/c29-23-10-6-20(7-11-23)18-28(27(34)31-15-14-21-4-1-2-5-25(21)30)19-36-26(32-28)22-8-12-24(13-9-22)35-17-3-16-33/h1-2,4-13,33H,3,14-19H2,(H,31,34)/t28-/m1/s1. The van der Waals surface area contributed by atoms with Gasteiger partial charge in [-0.05, 0) is 60.0 Å². The van der Waals surface area contributed by atoms with Crippen LogP contribution in [-0.2, 0) is 22.4 Å². The van der Waals surface area contributed by atoms with Crippen LogP contribution < -0.4 is 10.1 Å². The first-order chi connectivity index (χ1) is 17.5. The van der Waals surface area contributed by atoms with E-state index in [1.54, 1.807) is 18.2 Å². The van der Waals surface area contributed by atoms with Crippen LogP contribution in [0.15, 0.2) is 82.3 Å².